The Balaban J connectivity index is 2.78. The second-order valence-corrected chi connectivity index (χ2v) is 10.0. The molecule has 1 rings (SSSR count). The van der Waals surface area contributed by atoms with Crippen LogP contribution in [0.5, 0.6) is 0 Å². The second kappa shape index (κ2) is 3.29. The number of imidazole rings is 1. The lowest BCUT2D eigenvalue weighted by Gasteiger charge is -2.31. The predicted octanol–water partition coefficient (Wildman–Crippen LogP) is 2.98. The van der Waals surface area contributed by atoms with E-state index < -0.39 is 8.24 Å². The molecule has 0 aromatic carbocycles. The molecule has 0 unspecified atom stereocenters. The van der Waals surface area contributed by atoms with E-state index >= 15 is 0 Å². The smallest absolute Gasteiger partial charge is 0.157 e. The lowest BCUT2D eigenvalue weighted by molar-refractivity contribution is 0.458. The van der Waals surface area contributed by atoms with Gasteiger partial charge in [-0.15, -0.1) is 0 Å². The number of hydrogen-bond donors (Lipinski definition) is 0. The monoisotopic (exact) mass is 196 g/mol. The Labute approximate surface area is 82.1 Å². The van der Waals surface area contributed by atoms with E-state index in [1.807, 2.05) is 12.5 Å². The lowest BCUT2D eigenvalue weighted by Crippen LogP contribution is -2.38. The van der Waals surface area contributed by atoms with Gasteiger partial charge in [0.15, 0.2) is 8.24 Å². The molecule has 0 atom stereocenters. The fourth-order valence-corrected chi connectivity index (χ4v) is 5.63. The summed E-state index contributed by atoms with van der Waals surface area (Å²) in [7, 11) is -1.31. The van der Waals surface area contributed by atoms with E-state index in [0.717, 1.165) is 0 Å². The molecule has 2 nitrogen and oxygen atoms in total. The average molecular weight is 196 g/mol. The number of nitrogens with zero attached hydrogens (tertiary/aromatic N) is 2. The molecule has 1 heterocycles. The first-order chi connectivity index (χ1) is 5.81. The Hall–Kier alpha value is -0.573. The van der Waals surface area contributed by atoms with E-state index in [9.17, 15) is 0 Å². The Morgan fingerprint density at radius 2 is 1.92 bits per heavy atom. The summed E-state index contributed by atoms with van der Waals surface area (Å²) in [4.78, 5) is 4.12. The molecule has 0 bridgehead atoms. The molecule has 13 heavy (non-hydrogen) atoms. The van der Waals surface area contributed by atoms with Crippen molar-refractivity contribution in [3.8, 4) is 0 Å². The maximum absolute atomic E-state index is 4.12. The van der Waals surface area contributed by atoms with E-state index in [2.05, 4.69) is 49.3 Å². The van der Waals surface area contributed by atoms with Crippen LogP contribution in [0.15, 0.2) is 18.7 Å². The normalized spacial score (nSPS) is 13.3. The lowest BCUT2D eigenvalue weighted by atomic mass is 10.0. The number of hydrogen-bond acceptors (Lipinski definition) is 1. The van der Waals surface area contributed by atoms with Crippen LogP contribution in [0.4, 0.5) is 0 Å². The minimum Gasteiger partial charge on any atom is -0.365 e. The third-order valence-corrected chi connectivity index (χ3v) is 5.75. The summed E-state index contributed by atoms with van der Waals surface area (Å²) in [5.74, 6) is 0. The first kappa shape index (κ1) is 10.5. The molecule has 0 spiro atoms. The van der Waals surface area contributed by atoms with Crippen LogP contribution in [0.3, 0.4) is 0 Å². The number of rotatable bonds is 2. The van der Waals surface area contributed by atoms with Crippen molar-refractivity contribution in [2.45, 2.75) is 39.9 Å². The Bertz CT molecular complexity index is 257. The van der Waals surface area contributed by atoms with Crippen LogP contribution in [0.2, 0.25) is 19.1 Å². The fourth-order valence-electron chi connectivity index (χ4n) is 2.01. The van der Waals surface area contributed by atoms with E-state index in [1.54, 1.807) is 0 Å². The third-order valence-electron chi connectivity index (χ3n) is 2.17. The highest BCUT2D eigenvalue weighted by Gasteiger charge is 2.29. The van der Waals surface area contributed by atoms with Crippen LogP contribution in [-0.2, 0) is 0 Å². The molecule has 0 amide bonds. The SMILES string of the molecule is CC(C)(C)C[Si](C)(C)n1ccnc1. The van der Waals surface area contributed by atoms with Crippen LogP contribution in [0.25, 0.3) is 0 Å². The van der Waals surface area contributed by atoms with Crippen molar-refractivity contribution in [1.82, 2.24) is 9.22 Å². The molecule has 0 saturated carbocycles. The van der Waals surface area contributed by atoms with E-state index in [1.165, 1.54) is 6.04 Å². The van der Waals surface area contributed by atoms with Gasteiger partial charge in [-0.05, 0) is 11.5 Å². The highest BCUT2D eigenvalue weighted by atomic mass is 28.3. The van der Waals surface area contributed by atoms with Crippen molar-refractivity contribution in [3.63, 3.8) is 0 Å². The average Bonchev–Trinajstić information content (AvgIpc) is 2.29. The van der Waals surface area contributed by atoms with Crippen LogP contribution < -0.4 is 0 Å². The molecular weight excluding hydrogens is 176 g/mol. The fraction of sp³-hybridized carbons (Fsp3) is 0.700. The molecule has 1 aromatic heterocycles. The Kier molecular flexibility index (Phi) is 2.66. The van der Waals surface area contributed by atoms with Crippen LogP contribution >= 0.6 is 0 Å². The molecule has 0 fully saturated rings. The Morgan fingerprint density at radius 1 is 1.31 bits per heavy atom. The van der Waals surface area contributed by atoms with Crippen LogP contribution in [0.1, 0.15) is 20.8 Å². The molecule has 0 N–H and O–H groups in total. The summed E-state index contributed by atoms with van der Waals surface area (Å²) in [6, 6.07) is 1.29. The molecule has 0 aliphatic heterocycles. The standard InChI is InChI=1S/C10H20N2Si/c1-10(2,3)8-13(4,5)12-7-6-11-9-12/h6-7,9H,8H2,1-5H3. The largest absolute Gasteiger partial charge is 0.365 e. The number of aromatic nitrogens is 2. The van der Waals surface area contributed by atoms with E-state index in [0.29, 0.717) is 5.41 Å². The van der Waals surface area contributed by atoms with Crippen molar-refractivity contribution in [2.75, 3.05) is 0 Å². The maximum Gasteiger partial charge on any atom is 0.157 e. The quantitative estimate of drug-likeness (QED) is 0.665. The van der Waals surface area contributed by atoms with Gasteiger partial charge in [0, 0.05) is 12.4 Å². The summed E-state index contributed by atoms with van der Waals surface area (Å²) in [5.41, 5.74) is 0.417. The van der Waals surface area contributed by atoms with Gasteiger partial charge in [-0.3, -0.25) is 0 Å². The minimum atomic E-state index is -1.31. The maximum atomic E-state index is 4.12. The summed E-state index contributed by atoms with van der Waals surface area (Å²) in [6.45, 7) is 11.7. The van der Waals surface area contributed by atoms with Gasteiger partial charge in [0.05, 0.1) is 6.33 Å². The summed E-state index contributed by atoms with van der Waals surface area (Å²) >= 11 is 0. The third kappa shape index (κ3) is 2.99. The molecule has 0 aliphatic carbocycles. The molecule has 3 heteroatoms. The zero-order valence-corrected chi connectivity index (χ0v) is 10.3. The summed E-state index contributed by atoms with van der Waals surface area (Å²) < 4.78 is 2.32. The minimum absolute atomic E-state index is 0.417. The Morgan fingerprint density at radius 3 is 2.31 bits per heavy atom. The van der Waals surface area contributed by atoms with Gasteiger partial charge in [-0.25, -0.2) is 4.98 Å². The van der Waals surface area contributed by atoms with E-state index in [4.69, 9.17) is 0 Å². The van der Waals surface area contributed by atoms with Gasteiger partial charge >= 0.3 is 0 Å². The zero-order chi connectivity index (χ0) is 10.1. The van der Waals surface area contributed by atoms with Crippen LogP contribution in [0, 0.1) is 5.41 Å². The van der Waals surface area contributed by atoms with Crippen molar-refractivity contribution < 1.29 is 0 Å². The van der Waals surface area contributed by atoms with Gasteiger partial charge in [0.25, 0.3) is 0 Å². The molecular formula is C10H20N2Si. The second-order valence-electron chi connectivity index (χ2n) is 5.52. The first-order valence-electron chi connectivity index (χ1n) is 4.80. The predicted molar refractivity (Wildman–Crippen MR) is 59.4 cm³/mol. The van der Waals surface area contributed by atoms with Crippen molar-refractivity contribution >= 4 is 8.24 Å². The van der Waals surface area contributed by atoms with Gasteiger partial charge in [0.1, 0.15) is 0 Å². The molecule has 0 saturated heterocycles. The molecule has 0 aliphatic rings. The van der Waals surface area contributed by atoms with Gasteiger partial charge in [0.2, 0.25) is 0 Å². The highest BCUT2D eigenvalue weighted by Crippen LogP contribution is 2.28. The summed E-state index contributed by atoms with van der Waals surface area (Å²) in [5, 5.41) is 0. The molecule has 1 aromatic rings. The van der Waals surface area contributed by atoms with Crippen molar-refractivity contribution in [2.24, 2.45) is 5.41 Å². The molecule has 0 radical (unpaired) electrons. The van der Waals surface area contributed by atoms with Crippen molar-refractivity contribution in [3.05, 3.63) is 18.7 Å². The van der Waals surface area contributed by atoms with Gasteiger partial charge in [-0.1, -0.05) is 33.9 Å². The van der Waals surface area contributed by atoms with Crippen molar-refractivity contribution in [1.29, 1.82) is 0 Å². The first-order valence-corrected chi connectivity index (χ1v) is 7.95. The van der Waals surface area contributed by atoms with Crippen LogP contribution in [-0.4, -0.2) is 17.5 Å². The van der Waals surface area contributed by atoms with Gasteiger partial charge < -0.3 is 4.23 Å². The zero-order valence-electron chi connectivity index (χ0n) is 9.33. The summed E-state index contributed by atoms with van der Waals surface area (Å²) in [6.07, 6.45) is 5.92. The van der Waals surface area contributed by atoms with E-state index in [-0.39, 0.29) is 0 Å². The van der Waals surface area contributed by atoms with Gasteiger partial charge in [-0.2, -0.15) is 0 Å². The molecule has 74 valence electrons. The topological polar surface area (TPSA) is 17.8 Å². The highest BCUT2D eigenvalue weighted by molar-refractivity contribution is 6.75.